The van der Waals surface area contributed by atoms with E-state index in [1.54, 1.807) is 6.20 Å². The number of aliphatic carboxylic acids is 1. The van der Waals surface area contributed by atoms with Crippen LogP contribution >= 0.6 is 11.3 Å². The maximum absolute atomic E-state index is 13.2. The van der Waals surface area contributed by atoms with Crippen molar-refractivity contribution >= 4 is 34.2 Å². The molecule has 3 aromatic rings. The first-order chi connectivity index (χ1) is 16.7. The SMILES string of the molecule is O=C(C[C@H]1CC[C@H](C(=O)O)CC1)N1CCc2c(n(Cc3ccc(C(F)(F)F)s3)c3ncccc23)C1. The van der Waals surface area contributed by atoms with Crippen molar-refractivity contribution in [3.05, 3.63) is 51.5 Å². The van der Waals surface area contributed by atoms with Crippen LogP contribution in [-0.2, 0) is 35.3 Å². The highest BCUT2D eigenvalue weighted by atomic mass is 32.1. The van der Waals surface area contributed by atoms with E-state index in [9.17, 15) is 27.9 Å². The van der Waals surface area contributed by atoms with E-state index in [4.69, 9.17) is 0 Å². The van der Waals surface area contributed by atoms with Gasteiger partial charge in [-0.05, 0) is 67.9 Å². The average molecular weight is 506 g/mol. The first kappa shape index (κ1) is 23.8. The minimum Gasteiger partial charge on any atom is -0.481 e. The number of carboxylic acid groups (broad SMARTS) is 1. The zero-order chi connectivity index (χ0) is 24.7. The number of aromatic nitrogens is 2. The molecule has 10 heteroatoms. The lowest BCUT2D eigenvalue weighted by molar-refractivity contribution is -0.143. The Hall–Kier alpha value is -2.88. The van der Waals surface area contributed by atoms with Crippen LogP contribution in [0.5, 0.6) is 0 Å². The lowest BCUT2D eigenvalue weighted by Gasteiger charge is -2.31. The summed E-state index contributed by atoms with van der Waals surface area (Å²) in [5, 5.41) is 10.2. The van der Waals surface area contributed by atoms with Gasteiger partial charge in [0, 0.05) is 35.1 Å². The summed E-state index contributed by atoms with van der Waals surface area (Å²) in [4.78, 5) is 30.7. The van der Waals surface area contributed by atoms with Crippen molar-refractivity contribution in [1.29, 1.82) is 0 Å². The Labute approximate surface area is 204 Å². The van der Waals surface area contributed by atoms with Crippen LogP contribution < -0.4 is 0 Å². The second kappa shape index (κ2) is 9.29. The number of thiophene rings is 1. The van der Waals surface area contributed by atoms with E-state index in [2.05, 4.69) is 4.98 Å². The Balaban J connectivity index is 1.35. The van der Waals surface area contributed by atoms with E-state index in [0.29, 0.717) is 43.6 Å². The molecule has 4 heterocycles. The summed E-state index contributed by atoms with van der Waals surface area (Å²) in [6.07, 6.45) is 1.08. The van der Waals surface area contributed by atoms with Gasteiger partial charge in [-0.3, -0.25) is 9.59 Å². The third-order valence-electron chi connectivity index (χ3n) is 7.28. The van der Waals surface area contributed by atoms with Crippen LogP contribution in [-0.4, -0.2) is 38.0 Å². The zero-order valence-corrected chi connectivity index (χ0v) is 19.9. The molecule has 1 aliphatic heterocycles. The molecule has 0 atom stereocenters. The van der Waals surface area contributed by atoms with E-state index in [1.165, 1.54) is 6.07 Å². The minimum atomic E-state index is -4.37. The van der Waals surface area contributed by atoms with Crippen LogP contribution in [0.15, 0.2) is 30.5 Å². The predicted molar refractivity (Wildman–Crippen MR) is 125 cm³/mol. The fraction of sp³-hybridized carbons (Fsp3) is 0.480. The molecule has 0 aromatic carbocycles. The minimum absolute atomic E-state index is 0.0506. The van der Waals surface area contributed by atoms with Crippen LogP contribution in [0.4, 0.5) is 13.2 Å². The molecule has 6 nitrogen and oxygen atoms in total. The van der Waals surface area contributed by atoms with Crippen LogP contribution in [0.1, 0.15) is 53.1 Å². The average Bonchev–Trinajstić information content (AvgIpc) is 3.43. The summed E-state index contributed by atoms with van der Waals surface area (Å²) in [6, 6.07) is 6.45. The summed E-state index contributed by atoms with van der Waals surface area (Å²) in [7, 11) is 0. The second-order valence-corrected chi connectivity index (χ2v) is 10.6. The molecule has 0 bridgehead atoms. The second-order valence-electron chi connectivity index (χ2n) is 9.47. The van der Waals surface area contributed by atoms with E-state index >= 15 is 0 Å². The maximum atomic E-state index is 13.2. The highest BCUT2D eigenvalue weighted by Gasteiger charge is 2.33. The Morgan fingerprint density at radius 3 is 2.60 bits per heavy atom. The molecule has 1 fully saturated rings. The number of hydrogen-bond donors (Lipinski definition) is 1. The van der Waals surface area contributed by atoms with E-state index in [1.807, 2.05) is 21.6 Å². The summed E-state index contributed by atoms with van der Waals surface area (Å²) >= 11 is 0.734. The number of amides is 1. The number of rotatable bonds is 5. The highest BCUT2D eigenvalue weighted by Crippen LogP contribution is 2.37. The van der Waals surface area contributed by atoms with Gasteiger partial charge < -0.3 is 14.6 Å². The number of fused-ring (bicyclic) bond motifs is 3. The molecule has 3 aromatic heterocycles. The highest BCUT2D eigenvalue weighted by molar-refractivity contribution is 7.12. The van der Waals surface area contributed by atoms with Gasteiger partial charge in [0.2, 0.25) is 5.91 Å². The predicted octanol–water partition coefficient (Wildman–Crippen LogP) is 5.33. The Morgan fingerprint density at radius 2 is 1.91 bits per heavy atom. The Kier molecular flexibility index (Phi) is 6.33. The van der Waals surface area contributed by atoms with Gasteiger partial charge in [-0.1, -0.05) is 0 Å². The van der Waals surface area contributed by atoms with Crippen molar-refractivity contribution in [3.8, 4) is 0 Å². The molecule has 1 saturated carbocycles. The van der Waals surface area contributed by atoms with E-state index < -0.39 is 17.0 Å². The fourth-order valence-electron chi connectivity index (χ4n) is 5.40. The van der Waals surface area contributed by atoms with Gasteiger partial charge >= 0.3 is 12.1 Å². The van der Waals surface area contributed by atoms with Gasteiger partial charge in [0.25, 0.3) is 0 Å². The van der Waals surface area contributed by atoms with Gasteiger partial charge in [0.1, 0.15) is 10.5 Å². The maximum Gasteiger partial charge on any atom is 0.425 e. The number of nitrogens with zero attached hydrogens (tertiary/aromatic N) is 3. The summed E-state index contributed by atoms with van der Waals surface area (Å²) in [5.74, 6) is -0.821. The lowest BCUT2D eigenvalue weighted by atomic mass is 9.80. The van der Waals surface area contributed by atoms with Crippen LogP contribution in [0.2, 0.25) is 0 Å². The smallest absolute Gasteiger partial charge is 0.425 e. The molecule has 0 unspecified atom stereocenters. The summed E-state index contributed by atoms with van der Waals surface area (Å²) in [6.45, 7) is 1.25. The van der Waals surface area contributed by atoms with Crippen molar-refractivity contribution in [2.75, 3.05) is 6.54 Å². The molecule has 0 saturated heterocycles. The van der Waals surface area contributed by atoms with Gasteiger partial charge in [-0.15, -0.1) is 11.3 Å². The van der Waals surface area contributed by atoms with Crippen LogP contribution in [0.3, 0.4) is 0 Å². The van der Waals surface area contributed by atoms with E-state index in [-0.39, 0.29) is 24.3 Å². The van der Waals surface area contributed by atoms with Crippen molar-refractivity contribution in [2.45, 2.75) is 57.8 Å². The molecule has 1 N–H and O–H groups in total. The van der Waals surface area contributed by atoms with Gasteiger partial charge in [0.15, 0.2) is 0 Å². The molecule has 35 heavy (non-hydrogen) atoms. The normalized spacial score (nSPS) is 20.7. The van der Waals surface area contributed by atoms with Crippen molar-refractivity contribution in [1.82, 2.24) is 14.5 Å². The summed E-state index contributed by atoms with van der Waals surface area (Å²) < 4.78 is 41.3. The van der Waals surface area contributed by atoms with Gasteiger partial charge in [-0.25, -0.2) is 4.98 Å². The molecule has 0 radical (unpaired) electrons. The fourth-order valence-corrected chi connectivity index (χ4v) is 6.27. The van der Waals surface area contributed by atoms with Crippen LogP contribution in [0, 0.1) is 11.8 Å². The number of halogens is 3. The van der Waals surface area contributed by atoms with Gasteiger partial charge in [-0.2, -0.15) is 13.2 Å². The topological polar surface area (TPSA) is 75.4 Å². The Morgan fingerprint density at radius 1 is 1.14 bits per heavy atom. The molecule has 0 spiro atoms. The number of carbonyl (C=O) groups excluding carboxylic acids is 1. The molecular formula is C25H26F3N3O3S. The quantitative estimate of drug-likeness (QED) is 0.509. The van der Waals surface area contributed by atoms with Crippen molar-refractivity contribution in [2.24, 2.45) is 11.8 Å². The molecule has 2 aliphatic rings. The third kappa shape index (κ3) is 4.80. The molecule has 5 rings (SSSR count). The molecule has 1 amide bonds. The van der Waals surface area contributed by atoms with Crippen molar-refractivity contribution in [3.63, 3.8) is 0 Å². The molecular weight excluding hydrogens is 479 g/mol. The largest absolute Gasteiger partial charge is 0.481 e. The molecule has 1 aliphatic carbocycles. The number of hydrogen-bond acceptors (Lipinski definition) is 4. The summed E-state index contributed by atoms with van der Waals surface area (Å²) in [5.41, 5.74) is 2.75. The number of carbonyl (C=O) groups is 2. The van der Waals surface area contributed by atoms with Crippen molar-refractivity contribution < 1.29 is 27.9 Å². The number of carboxylic acids is 1. The van der Waals surface area contributed by atoms with Crippen LogP contribution in [0.25, 0.3) is 11.0 Å². The standard InChI is InChI=1S/C25H26F3N3O3S/c26-25(27,28)21-8-7-17(35-21)13-31-20-14-30(11-9-18(20)19-2-1-10-29-23(19)31)22(32)12-15-3-5-16(6-4-15)24(33)34/h1-2,7-8,10,15-16H,3-6,9,11-14H2,(H,33,34)/t15-,16-. The first-order valence-corrected chi connectivity index (χ1v) is 12.6. The molecule has 186 valence electrons. The monoisotopic (exact) mass is 505 g/mol. The Bertz CT molecular complexity index is 1260. The van der Waals surface area contributed by atoms with E-state index in [0.717, 1.165) is 52.5 Å². The zero-order valence-electron chi connectivity index (χ0n) is 19.1. The first-order valence-electron chi connectivity index (χ1n) is 11.8. The number of alkyl halides is 3. The third-order valence-corrected chi connectivity index (χ3v) is 8.40. The lowest BCUT2D eigenvalue weighted by Crippen LogP contribution is -2.38. The number of pyridine rings is 1. The van der Waals surface area contributed by atoms with Gasteiger partial charge in [0.05, 0.1) is 19.0 Å².